The number of rotatable bonds is 1. The number of fused-ring (bicyclic) bond motifs is 1. The Morgan fingerprint density at radius 1 is 1.36 bits per heavy atom. The van der Waals surface area contributed by atoms with Crippen molar-refractivity contribution in [3.05, 3.63) is 23.8 Å². The third-order valence-corrected chi connectivity index (χ3v) is 3.26. The van der Waals surface area contributed by atoms with Crippen LogP contribution in [0.2, 0.25) is 0 Å². The molecule has 0 saturated carbocycles. The zero-order chi connectivity index (χ0) is 10.1. The second-order valence-electron chi connectivity index (χ2n) is 3.00. The maximum Gasteiger partial charge on any atom is 0.0912 e. The van der Waals surface area contributed by atoms with E-state index in [1.807, 2.05) is 18.2 Å². The second kappa shape index (κ2) is 3.20. The number of benzene rings is 1. The van der Waals surface area contributed by atoms with Gasteiger partial charge in [-0.2, -0.15) is 5.26 Å². The molecule has 2 rings (SSSR count). The van der Waals surface area contributed by atoms with Gasteiger partial charge in [-0.15, -0.1) is 11.3 Å². The van der Waals surface area contributed by atoms with Crippen LogP contribution in [0, 0.1) is 11.3 Å². The van der Waals surface area contributed by atoms with Crippen LogP contribution in [0.15, 0.2) is 18.2 Å². The summed E-state index contributed by atoms with van der Waals surface area (Å²) in [4.78, 5) is 0. The van der Waals surface area contributed by atoms with Crippen LogP contribution in [0.25, 0.3) is 10.1 Å². The summed E-state index contributed by atoms with van der Waals surface area (Å²) in [6.45, 7) is 0. The highest BCUT2D eigenvalue weighted by Crippen LogP contribution is 2.36. The van der Waals surface area contributed by atoms with E-state index in [1.165, 1.54) is 11.3 Å². The lowest BCUT2D eigenvalue weighted by molar-refractivity contribution is 1.30. The number of nitrogens with zero attached hydrogens (tertiary/aromatic N) is 1. The number of nitrogens with two attached hydrogens (primary N) is 2. The first kappa shape index (κ1) is 8.85. The first-order chi connectivity index (χ1) is 6.74. The summed E-state index contributed by atoms with van der Waals surface area (Å²) in [6, 6.07) is 7.78. The maximum atomic E-state index is 8.66. The number of anilines is 2. The molecule has 0 fully saturated rings. The van der Waals surface area contributed by atoms with Crippen LogP contribution in [-0.2, 0) is 6.42 Å². The highest BCUT2D eigenvalue weighted by Gasteiger charge is 2.10. The first-order valence-corrected chi connectivity index (χ1v) is 4.98. The summed E-state index contributed by atoms with van der Waals surface area (Å²) in [5.74, 6) is 0. The number of hydrogen-bond donors (Lipinski definition) is 2. The van der Waals surface area contributed by atoms with E-state index in [0.717, 1.165) is 21.3 Å². The Morgan fingerprint density at radius 2 is 2.14 bits per heavy atom. The average molecular weight is 203 g/mol. The Labute approximate surface area is 85.6 Å². The van der Waals surface area contributed by atoms with Gasteiger partial charge in [-0.05, 0) is 6.07 Å². The van der Waals surface area contributed by atoms with Crippen molar-refractivity contribution in [3.63, 3.8) is 0 Å². The fourth-order valence-corrected chi connectivity index (χ4v) is 2.48. The first-order valence-electron chi connectivity index (χ1n) is 4.16. The van der Waals surface area contributed by atoms with E-state index in [1.54, 1.807) is 0 Å². The number of nitriles is 1. The molecule has 0 saturated heterocycles. The molecule has 0 radical (unpaired) electrons. The Kier molecular flexibility index (Phi) is 2.02. The number of nitrogen functional groups attached to an aromatic ring is 2. The molecule has 4 N–H and O–H groups in total. The molecule has 0 spiro atoms. The monoisotopic (exact) mass is 203 g/mol. The van der Waals surface area contributed by atoms with E-state index in [-0.39, 0.29) is 0 Å². The van der Waals surface area contributed by atoms with Crippen molar-refractivity contribution in [3.8, 4) is 6.07 Å². The lowest BCUT2D eigenvalue weighted by Gasteiger charge is -1.95. The Morgan fingerprint density at radius 3 is 2.86 bits per heavy atom. The van der Waals surface area contributed by atoms with E-state index >= 15 is 0 Å². The Bertz CT molecular complexity index is 522. The third kappa shape index (κ3) is 1.19. The summed E-state index contributed by atoms with van der Waals surface area (Å²) >= 11 is 1.45. The smallest absolute Gasteiger partial charge is 0.0912 e. The fraction of sp³-hybridized carbons (Fsp3) is 0.100. The number of thiophene rings is 1. The highest BCUT2D eigenvalue weighted by molar-refractivity contribution is 7.23. The minimum atomic E-state index is 0.343. The summed E-state index contributed by atoms with van der Waals surface area (Å²) < 4.78 is 0.982. The van der Waals surface area contributed by atoms with Crippen LogP contribution in [0.3, 0.4) is 0 Å². The van der Waals surface area contributed by atoms with Gasteiger partial charge in [0, 0.05) is 16.6 Å². The molecule has 0 atom stereocenters. The maximum absolute atomic E-state index is 8.66. The van der Waals surface area contributed by atoms with Crippen molar-refractivity contribution < 1.29 is 0 Å². The molecular formula is C10H9N3S. The van der Waals surface area contributed by atoms with Crippen molar-refractivity contribution in [1.29, 1.82) is 5.26 Å². The van der Waals surface area contributed by atoms with Crippen molar-refractivity contribution in [2.45, 2.75) is 6.42 Å². The minimum absolute atomic E-state index is 0.343. The quantitative estimate of drug-likeness (QED) is 0.697. The summed E-state index contributed by atoms with van der Waals surface area (Å²) in [6.07, 6.45) is 0.343. The van der Waals surface area contributed by atoms with Gasteiger partial charge in [0.05, 0.1) is 22.2 Å². The van der Waals surface area contributed by atoms with Gasteiger partial charge >= 0.3 is 0 Å². The van der Waals surface area contributed by atoms with Crippen LogP contribution in [0.4, 0.5) is 10.7 Å². The second-order valence-corrected chi connectivity index (χ2v) is 4.06. The molecule has 3 nitrogen and oxygen atoms in total. The summed E-state index contributed by atoms with van der Waals surface area (Å²) in [5, 5.41) is 10.4. The summed E-state index contributed by atoms with van der Waals surface area (Å²) in [5.41, 5.74) is 13.3. The van der Waals surface area contributed by atoms with E-state index in [0.29, 0.717) is 11.4 Å². The van der Waals surface area contributed by atoms with Crippen LogP contribution in [0.5, 0.6) is 0 Å². The van der Waals surface area contributed by atoms with Crippen LogP contribution < -0.4 is 11.5 Å². The van der Waals surface area contributed by atoms with E-state index in [4.69, 9.17) is 16.7 Å². The van der Waals surface area contributed by atoms with Crippen molar-refractivity contribution in [2.24, 2.45) is 0 Å². The molecule has 0 bridgehead atoms. The summed E-state index contributed by atoms with van der Waals surface area (Å²) in [7, 11) is 0. The molecule has 0 aliphatic heterocycles. The molecule has 1 heterocycles. The van der Waals surface area contributed by atoms with Crippen LogP contribution in [0.1, 0.15) is 5.56 Å². The fourth-order valence-electron chi connectivity index (χ4n) is 1.47. The largest absolute Gasteiger partial charge is 0.398 e. The number of hydrogen-bond acceptors (Lipinski definition) is 4. The van der Waals surface area contributed by atoms with E-state index < -0.39 is 0 Å². The lowest BCUT2D eigenvalue weighted by atomic mass is 10.1. The van der Waals surface area contributed by atoms with E-state index in [9.17, 15) is 0 Å². The van der Waals surface area contributed by atoms with Gasteiger partial charge in [-0.1, -0.05) is 12.1 Å². The Hall–Kier alpha value is -1.73. The van der Waals surface area contributed by atoms with Gasteiger partial charge in [-0.3, -0.25) is 0 Å². The van der Waals surface area contributed by atoms with Crippen molar-refractivity contribution in [1.82, 2.24) is 0 Å². The van der Waals surface area contributed by atoms with Gasteiger partial charge < -0.3 is 11.5 Å². The van der Waals surface area contributed by atoms with Gasteiger partial charge in [0.1, 0.15) is 0 Å². The zero-order valence-corrected chi connectivity index (χ0v) is 8.27. The highest BCUT2D eigenvalue weighted by atomic mass is 32.1. The molecule has 0 aliphatic rings. The minimum Gasteiger partial charge on any atom is -0.398 e. The van der Waals surface area contributed by atoms with Gasteiger partial charge in [0.2, 0.25) is 0 Å². The molecule has 0 unspecified atom stereocenters. The molecule has 2 aromatic rings. The standard InChI is InChI=1S/C10H9N3S/c11-5-4-7-6-2-1-3-8(12)9(6)14-10(7)13/h1-3H,4,12-13H2. The molecule has 70 valence electrons. The molecule has 0 amide bonds. The van der Waals surface area contributed by atoms with Gasteiger partial charge in [0.15, 0.2) is 0 Å². The topological polar surface area (TPSA) is 75.8 Å². The van der Waals surface area contributed by atoms with Crippen LogP contribution >= 0.6 is 11.3 Å². The van der Waals surface area contributed by atoms with Gasteiger partial charge in [0.25, 0.3) is 0 Å². The SMILES string of the molecule is N#CCc1c(N)sc2c(N)cccc12. The van der Waals surface area contributed by atoms with Crippen molar-refractivity contribution in [2.75, 3.05) is 11.5 Å². The van der Waals surface area contributed by atoms with Gasteiger partial charge in [-0.25, -0.2) is 0 Å². The average Bonchev–Trinajstić information content (AvgIpc) is 2.47. The normalized spacial score (nSPS) is 10.2. The molecule has 14 heavy (non-hydrogen) atoms. The zero-order valence-electron chi connectivity index (χ0n) is 7.45. The molecular weight excluding hydrogens is 194 g/mol. The molecule has 1 aromatic carbocycles. The molecule has 4 heteroatoms. The lowest BCUT2D eigenvalue weighted by Crippen LogP contribution is -1.87. The van der Waals surface area contributed by atoms with E-state index in [2.05, 4.69) is 6.07 Å². The molecule has 0 aliphatic carbocycles. The Balaban J connectivity index is 2.78. The third-order valence-electron chi connectivity index (χ3n) is 2.14. The van der Waals surface area contributed by atoms with Crippen molar-refractivity contribution >= 4 is 32.1 Å². The predicted molar refractivity (Wildman–Crippen MR) is 60.0 cm³/mol. The predicted octanol–water partition coefficient (Wildman–Crippen LogP) is 2.13. The van der Waals surface area contributed by atoms with Crippen LogP contribution in [-0.4, -0.2) is 0 Å². The molecule has 1 aromatic heterocycles.